The first-order chi connectivity index (χ1) is 7.36. The van der Waals surface area contributed by atoms with E-state index < -0.39 is 0 Å². The summed E-state index contributed by atoms with van der Waals surface area (Å²) < 4.78 is 0. The van der Waals surface area contributed by atoms with Crippen LogP contribution in [0.3, 0.4) is 0 Å². The number of carbonyl (C=O) groups excluding carboxylic acids is 1. The van der Waals surface area contributed by atoms with E-state index in [0.29, 0.717) is 0 Å². The largest absolute Gasteiger partial charge is 0.352 e. The van der Waals surface area contributed by atoms with E-state index in [1.807, 2.05) is 35.2 Å². The van der Waals surface area contributed by atoms with Crippen LogP contribution in [-0.2, 0) is 0 Å². The molecule has 1 fully saturated rings. The van der Waals surface area contributed by atoms with Crippen molar-refractivity contribution in [3.05, 3.63) is 30.3 Å². The van der Waals surface area contributed by atoms with Crippen LogP contribution in [-0.4, -0.2) is 31.1 Å². The molecule has 2 nitrogen and oxygen atoms in total. The quantitative estimate of drug-likeness (QED) is 0.664. The Morgan fingerprint density at radius 3 is 2.40 bits per heavy atom. The Morgan fingerprint density at radius 1 is 1.07 bits per heavy atom. The number of benzene rings is 1. The summed E-state index contributed by atoms with van der Waals surface area (Å²) in [5.41, 5.74) is 0.994. The minimum atomic E-state index is 0.154. The van der Waals surface area contributed by atoms with E-state index >= 15 is 0 Å². The number of hydrogen-bond donors (Lipinski definition) is 0. The van der Waals surface area contributed by atoms with Gasteiger partial charge in [-0.1, -0.05) is 35.8 Å². The second-order valence-corrected chi connectivity index (χ2v) is 3.94. The Hall–Kier alpha value is -1.25. The molecule has 0 N–H and O–H groups in total. The summed E-state index contributed by atoms with van der Waals surface area (Å²) in [6.45, 7) is 1.84. The molecule has 77 valence electrons. The normalized spacial score (nSPS) is 16.1. The summed E-state index contributed by atoms with van der Waals surface area (Å²) in [6, 6.07) is 9.79. The Kier molecular flexibility index (Phi) is 3.43. The number of likely N-dealkylation sites (tertiary alicyclic amines) is 1. The number of nitrogens with zero attached hydrogens (tertiary/aromatic N) is 1. The molecule has 1 saturated heterocycles. The van der Waals surface area contributed by atoms with Gasteiger partial charge in [-0.25, -0.2) is 0 Å². The van der Waals surface area contributed by atoms with Gasteiger partial charge in [0, 0.05) is 13.1 Å². The smallest absolute Gasteiger partial charge is 0.271 e. The number of rotatable bonds is 2. The van der Waals surface area contributed by atoms with Gasteiger partial charge in [0.15, 0.2) is 5.81 Å². The minimum absolute atomic E-state index is 0.154. The molecule has 1 aliphatic heterocycles. The highest BCUT2D eigenvalue weighted by molar-refractivity contribution is 6.83. The number of carbonyl (C=O) groups is 1. The fraction of sp³-hybridized carbons (Fsp3) is 0.417. The Bertz CT molecular complexity index is 320. The molecular weight excluding hydrogens is 185 g/mol. The molecule has 0 unspecified atom stereocenters. The molecular formula is C12H15BNO. The highest BCUT2D eigenvalue weighted by Gasteiger charge is 2.17. The number of amides is 1. The van der Waals surface area contributed by atoms with Crippen LogP contribution < -0.4 is 5.46 Å². The standard InChI is InChI=1S/C12H15BNO/c15-12(14-9-5-2-6-10-14)13-11-7-3-1-4-8-11/h1,3-4,7-8H,2,5-6,9-10H2. The number of hydrogen-bond acceptors (Lipinski definition) is 1. The molecule has 15 heavy (non-hydrogen) atoms. The zero-order valence-corrected chi connectivity index (χ0v) is 8.86. The van der Waals surface area contributed by atoms with E-state index in [1.165, 1.54) is 6.42 Å². The molecule has 1 aromatic rings. The van der Waals surface area contributed by atoms with Crippen molar-refractivity contribution >= 4 is 18.5 Å². The van der Waals surface area contributed by atoms with Gasteiger partial charge in [0.05, 0.1) is 0 Å². The van der Waals surface area contributed by atoms with Crippen LogP contribution >= 0.6 is 0 Å². The van der Waals surface area contributed by atoms with Crippen LogP contribution in [0.15, 0.2) is 30.3 Å². The van der Waals surface area contributed by atoms with E-state index in [4.69, 9.17) is 0 Å². The van der Waals surface area contributed by atoms with Gasteiger partial charge in [-0.05, 0) is 19.3 Å². The average molecular weight is 200 g/mol. The first kappa shape index (κ1) is 10.3. The van der Waals surface area contributed by atoms with Gasteiger partial charge in [0.1, 0.15) is 0 Å². The molecule has 1 aliphatic rings. The molecule has 1 amide bonds. The Labute approximate surface area is 91.5 Å². The summed E-state index contributed by atoms with van der Waals surface area (Å²) in [5.74, 6) is 0.154. The van der Waals surface area contributed by atoms with Crippen LogP contribution in [0.5, 0.6) is 0 Å². The average Bonchev–Trinajstić information content (AvgIpc) is 2.31. The SMILES string of the molecule is O=C([B]c1ccccc1)N1CCCCC1. The maximum Gasteiger partial charge on any atom is 0.271 e. The Balaban J connectivity index is 1.91. The summed E-state index contributed by atoms with van der Waals surface area (Å²) in [6.07, 6.45) is 3.55. The second kappa shape index (κ2) is 5.01. The number of piperidine rings is 1. The van der Waals surface area contributed by atoms with Crippen molar-refractivity contribution < 1.29 is 4.79 Å². The lowest BCUT2D eigenvalue weighted by atomic mass is 9.68. The molecule has 0 aliphatic carbocycles. The molecule has 0 saturated carbocycles. The van der Waals surface area contributed by atoms with Crippen LogP contribution in [0.25, 0.3) is 0 Å². The van der Waals surface area contributed by atoms with Gasteiger partial charge in [0.25, 0.3) is 7.28 Å². The van der Waals surface area contributed by atoms with Crippen molar-refractivity contribution in [2.45, 2.75) is 19.3 Å². The topological polar surface area (TPSA) is 20.3 Å². The third kappa shape index (κ3) is 2.85. The molecule has 2 rings (SSSR count). The minimum Gasteiger partial charge on any atom is -0.352 e. The predicted octanol–water partition coefficient (Wildman–Crippen LogP) is 1.62. The maximum atomic E-state index is 11.8. The molecule has 1 heterocycles. The van der Waals surface area contributed by atoms with E-state index in [0.717, 1.165) is 31.4 Å². The summed E-state index contributed by atoms with van der Waals surface area (Å²) in [7, 11) is 1.73. The van der Waals surface area contributed by atoms with Crippen molar-refractivity contribution in [3.8, 4) is 0 Å². The highest BCUT2D eigenvalue weighted by atomic mass is 16.1. The third-order valence-electron chi connectivity index (χ3n) is 2.76. The lowest BCUT2D eigenvalue weighted by Gasteiger charge is -2.26. The summed E-state index contributed by atoms with van der Waals surface area (Å²) in [5, 5.41) is 0. The van der Waals surface area contributed by atoms with Crippen molar-refractivity contribution in [2.24, 2.45) is 0 Å². The molecule has 0 spiro atoms. The monoisotopic (exact) mass is 200 g/mol. The van der Waals surface area contributed by atoms with E-state index in [-0.39, 0.29) is 5.81 Å². The fourth-order valence-electron chi connectivity index (χ4n) is 1.90. The lowest BCUT2D eigenvalue weighted by Crippen LogP contribution is -2.41. The second-order valence-electron chi connectivity index (χ2n) is 3.94. The van der Waals surface area contributed by atoms with E-state index in [9.17, 15) is 4.79 Å². The van der Waals surface area contributed by atoms with Gasteiger partial charge in [-0.3, -0.25) is 4.79 Å². The van der Waals surface area contributed by atoms with Crippen LogP contribution in [0.2, 0.25) is 0 Å². The summed E-state index contributed by atoms with van der Waals surface area (Å²) in [4.78, 5) is 13.8. The van der Waals surface area contributed by atoms with Gasteiger partial charge >= 0.3 is 0 Å². The van der Waals surface area contributed by atoms with Crippen molar-refractivity contribution in [2.75, 3.05) is 13.1 Å². The first-order valence-electron chi connectivity index (χ1n) is 5.55. The zero-order chi connectivity index (χ0) is 10.5. The van der Waals surface area contributed by atoms with Gasteiger partial charge in [-0.2, -0.15) is 0 Å². The van der Waals surface area contributed by atoms with Gasteiger partial charge < -0.3 is 4.90 Å². The van der Waals surface area contributed by atoms with Gasteiger partial charge in [0.2, 0.25) is 0 Å². The maximum absolute atomic E-state index is 11.8. The van der Waals surface area contributed by atoms with Crippen LogP contribution in [0, 0.1) is 0 Å². The predicted molar refractivity (Wildman–Crippen MR) is 62.7 cm³/mol. The van der Waals surface area contributed by atoms with Crippen molar-refractivity contribution in [3.63, 3.8) is 0 Å². The molecule has 0 aromatic heterocycles. The molecule has 1 aromatic carbocycles. The van der Waals surface area contributed by atoms with Crippen molar-refractivity contribution in [1.29, 1.82) is 0 Å². The Morgan fingerprint density at radius 2 is 1.73 bits per heavy atom. The zero-order valence-electron chi connectivity index (χ0n) is 8.86. The highest BCUT2D eigenvalue weighted by Crippen LogP contribution is 2.08. The fourth-order valence-corrected chi connectivity index (χ4v) is 1.90. The van der Waals surface area contributed by atoms with Crippen LogP contribution in [0.1, 0.15) is 19.3 Å². The molecule has 3 heteroatoms. The van der Waals surface area contributed by atoms with E-state index in [2.05, 4.69) is 0 Å². The van der Waals surface area contributed by atoms with E-state index in [1.54, 1.807) is 7.28 Å². The van der Waals surface area contributed by atoms with Crippen LogP contribution in [0.4, 0.5) is 4.79 Å². The van der Waals surface area contributed by atoms with Crippen molar-refractivity contribution in [1.82, 2.24) is 4.90 Å². The first-order valence-corrected chi connectivity index (χ1v) is 5.55. The molecule has 0 bridgehead atoms. The molecule has 1 radical (unpaired) electrons. The summed E-state index contributed by atoms with van der Waals surface area (Å²) >= 11 is 0. The third-order valence-corrected chi connectivity index (χ3v) is 2.76. The lowest BCUT2D eigenvalue weighted by molar-refractivity contribution is 0.209. The molecule has 0 atom stereocenters. The van der Waals surface area contributed by atoms with Gasteiger partial charge in [-0.15, -0.1) is 0 Å².